The summed E-state index contributed by atoms with van der Waals surface area (Å²) in [6, 6.07) is 11.1. The molecule has 0 aromatic heterocycles. The molecule has 90 valence electrons. The van der Waals surface area contributed by atoms with E-state index in [2.05, 4.69) is 0 Å². The lowest BCUT2D eigenvalue weighted by Gasteiger charge is -2.21. The molecule has 0 fully saturated rings. The molecule has 0 saturated carbocycles. The van der Waals surface area contributed by atoms with E-state index in [4.69, 9.17) is 16.3 Å². The molecule has 2 aromatic rings. The Bertz CT molecular complexity index is 647. The minimum Gasteiger partial charge on any atom is -0.496 e. The molecule has 1 aliphatic carbocycles. The van der Waals surface area contributed by atoms with Crippen molar-refractivity contribution in [1.29, 1.82) is 0 Å². The highest BCUT2D eigenvalue weighted by Gasteiger charge is 2.27. The molecule has 0 spiro atoms. The zero-order valence-corrected chi connectivity index (χ0v) is 10.6. The van der Waals surface area contributed by atoms with Gasteiger partial charge in [-0.15, -0.1) is 0 Å². The van der Waals surface area contributed by atoms with Crippen LogP contribution in [-0.4, -0.2) is 12.9 Å². The molecule has 0 radical (unpaired) electrons. The Hall–Kier alpha value is -1.80. The summed E-state index contributed by atoms with van der Waals surface area (Å²) in [5, 5.41) is 0.519. The molecule has 0 aliphatic heterocycles. The number of hydrogen-bond acceptors (Lipinski definition) is 2. The van der Waals surface area contributed by atoms with Gasteiger partial charge in [0.1, 0.15) is 5.75 Å². The topological polar surface area (TPSA) is 26.3 Å². The van der Waals surface area contributed by atoms with Gasteiger partial charge in [-0.1, -0.05) is 35.9 Å². The van der Waals surface area contributed by atoms with E-state index in [0.29, 0.717) is 22.6 Å². The highest BCUT2D eigenvalue weighted by Crippen LogP contribution is 2.35. The smallest absolute Gasteiger partial charge is 0.195 e. The van der Waals surface area contributed by atoms with E-state index in [9.17, 15) is 4.79 Å². The van der Waals surface area contributed by atoms with Crippen molar-refractivity contribution in [1.82, 2.24) is 0 Å². The van der Waals surface area contributed by atoms with Gasteiger partial charge in [0.25, 0.3) is 0 Å². The first-order chi connectivity index (χ1) is 8.72. The molecule has 0 N–H and O–H groups in total. The van der Waals surface area contributed by atoms with E-state index in [-0.39, 0.29) is 5.78 Å². The van der Waals surface area contributed by atoms with Crippen molar-refractivity contribution in [2.45, 2.75) is 6.42 Å². The number of carbonyl (C=O) groups is 1. The number of hydrogen-bond donors (Lipinski definition) is 0. The third kappa shape index (κ3) is 1.53. The van der Waals surface area contributed by atoms with Crippen LogP contribution < -0.4 is 4.74 Å². The van der Waals surface area contributed by atoms with E-state index >= 15 is 0 Å². The first-order valence-corrected chi connectivity index (χ1v) is 6.08. The van der Waals surface area contributed by atoms with E-state index in [1.807, 2.05) is 30.3 Å². The molecule has 2 nitrogen and oxygen atoms in total. The van der Waals surface area contributed by atoms with Crippen LogP contribution in [0.5, 0.6) is 5.75 Å². The van der Waals surface area contributed by atoms with Gasteiger partial charge in [0.15, 0.2) is 5.78 Å². The van der Waals surface area contributed by atoms with Gasteiger partial charge in [-0.05, 0) is 17.7 Å². The average molecular weight is 259 g/mol. The lowest BCUT2D eigenvalue weighted by molar-refractivity contribution is 0.103. The third-order valence-corrected chi connectivity index (χ3v) is 3.61. The molecular weight excluding hydrogens is 248 g/mol. The van der Waals surface area contributed by atoms with Crippen molar-refractivity contribution < 1.29 is 9.53 Å². The second-order valence-corrected chi connectivity index (χ2v) is 4.67. The number of benzene rings is 2. The summed E-state index contributed by atoms with van der Waals surface area (Å²) in [5.74, 6) is 0.738. The number of methoxy groups -OCH3 is 1. The third-order valence-electron chi connectivity index (χ3n) is 3.29. The Kier molecular flexibility index (Phi) is 2.60. The van der Waals surface area contributed by atoms with E-state index in [1.54, 1.807) is 13.2 Å². The predicted octanol–water partition coefficient (Wildman–Crippen LogP) is 3.48. The highest BCUT2D eigenvalue weighted by atomic mass is 35.5. The summed E-state index contributed by atoms with van der Waals surface area (Å²) in [6.07, 6.45) is 0.682. The zero-order valence-electron chi connectivity index (χ0n) is 9.87. The molecule has 3 rings (SSSR count). The number of fused-ring (bicyclic) bond motifs is 2. The first-order valence-electron chi connectivity index (χ1n) is 5.70. The van der Waals surface area contributed by atoms with Crippen LogP contribution in [0.2, 0.25) is 5.02 Å². The molecule has 1 aliphatic rings. The van der Waals surface area contributed by atoms with Crippen molar-refractivity contribution in [3.05, 3.63) is 63.7 Å². The minimum absolute atomic E-state index is 0.0178. The van der Waals surface area contributed by atoms with Gasteiger partial charge in [-0.3, -0.25) is 4.79 Å². The van der Waals surface area contributed by atoms with Gasteiger partial charge < -0.3 is 4.74 Å². The summed E-state index contributed by atoms with van der Waals surface area (Å²) < 4.78 is 5.32. The standard InChI is InChI=1S/C15H11ClO2/c1-18-13-7-3-5-10-11(13)8-9-4-2-6-12(16)14(9)15(10)17/h2-7H,8H2,1H3. The number of ether oxygens (including phenoxy) is 1. The molecule has 0 saturated heterocycles. The fraction of sp³-hybridized carbons (Fsp3) is 0.133. The van der Waals surface area contributed by atoms with Crippen LogP contribution in [0.3, 0.4) is 0 Å². The molecule has 0 bridgehead atoms. The molecule has 0 unspecified atom stereocenters. The van der Waals surface area contributed by atoms with Gasteiger partial charge in [0.2, 0.25) is 0 Å². The summed E-state index contributed by atoms with van der Waals surface area (Å²) >= 11 is 6.13. The number of halogens is 1. The minimum atomic E-state index is -0.0178. The quantitative estimate of drug-likeness (QED) is 0.668. The fourth-order valence-electron chi connectivity index (χ4n) is 2.45. The normalized spacial score (nSPS) is 12.9. The summed E-state index contributed by atoms with van der Waals surface area (Å²) in [6.45, 7) is 0. The molecule has 0 atom stereocenters. The SMILES string of the molecule is COc1cccc2c1Cc1cccc(Cl)c1C2=O. The van der Waals surface area contributed by atoms with Gasteiger partial charge in [0, 0.05) is 23.1 Å². The van der Waals surface area contributed by atoms with Crippen molar-refractivity contribution in [3.63, 3.8) is 0 Å². The zero-order chi connectivity index (χ0) is 12.7. The number of rotatable bonds is 1. The van der Waals surface area contributed by atoms with E-state index in [0.717, 1.165) is 16.9 Å². The van der Waals surface area contributed by atoms with Gasteiger partial charge in [0.05, 0.1) is 12.1 Å². The molecule has 2 aromatic carbocycles. The van der Waals surface area contributed by atoms with Crippen LogP contribution in [0, 0.1) is 0 Å². The van der Waals surface area contributed by atoms with Crippen LogP contribution in [-0.2, 0) is 6.42 Å². The maximum atomic E-state index is 12.5. The largest absolute Gasteiger partial charge is 0.496 e. The maximum absolute atomic E-state index is 12.5. The number of carbonyl (C=O) groups excluding carboxylic acids is 1. The van der Waals surface area contributed by atoms with E-state index < -0.39 is 0 Å². The maximum Gasteiger partial charge on any atom is 0.195 e. The monoisotopic (exact) mass is 258 g/mol. The van der Waals surface area contributed by atoms with Crippen molar-refractivity contribution in [2.75, 3.05) is 7.11 Å². The van der Waals surface area contributed by atoms with Crippen molar-refractivity contribution in [3.8, 4) is 5.75 Å². The Morgan fingerprint density at radius 3 is 2.72 bits per heavy atom. The van der Waals surface area contributed by atoms with Gasteiger partial charge >= 0.3 is 0 Å². The summed E-state index contributed by atoms with van der Waals surface area (Å²) in [5.41, 5.74) is 3.22. The van der Waals surface area contributed by atoms with Crippen LogP contribution in [0.1, 0.15) is 27.0 Å². The van der Waals surface area contributed by atoms with Crippen LogP contribution in [0.4, 0.5) is 0 Å². The Labute approximate surface area is 110 Å². The summed E-state index contributed by atoms with van der Waals surface area (Å²) in [4.78, 5) is 12.5. The highest BCUT2D eigenvalue weighted by molar-refractivity contribution is 6.35. The van der Waals surface area contributed by atoms with Crippen LogP contribution in [0.15, 0.2) is 36.4 Å². The molecule has 3 heteroatoms. The van der Waals surface area contributed by atoms with Gasteiger partial charge in [-0.2, -0.15) is 0 Å². The van der Waals surface area contributed by atoms with E-state index in [1.165, 1.54) is 0 Å². The van der Waals surface area contributed by atoms with Crippen LogP contribution in [0.25, 0.3) is 0 Å². The molecular formula is C15H11ClO2. The molecule has 18 heavy (non-hydrogen) atoms. The Balaban J connectivity index is 2.25. The van der Waals surface area contributed by atoms with Crippen LogP contribution >= 0.6 is 11.6 Å². The Morgan fingerprint density at radius 1 is 1.17 bits per heavy atom. The van der Waals surface area contributed by atoms with Gasteiger partial charge in [-0.25, -0.2) is 0 Å². The number of ketones is 1. The first kappa shape index (κ1) is 11.3. The average Bonchev–Trinajstić information content (AvgIpc) is 2.38. The second-order valence-electron chi connectivity index (χ2n) is 4.27. The van der Waals surface area contributed by atoms with Crippen molar-refractivity contribution >= 4 is 17.4 Å². The lowest BCUT2D eigenvalue weighted by atomic mass is 9.84. The predicted molar refractivity (Wildman–Crippen MR) is 70.7 cm³/mol. The Morgan fingerprint density at radius 2 is 1.94 bits per heavy atom. The fourth-order valence-corrected chi connectivity index (χ4v) is 2.73. The lowest BCUT2D eigenvalue weighted by Crippen LogP contribution is -2.16. The second kappa shape index (κ2) is 4.14. The molecule has 0 amide bonds. The summed E-state index contributed by atoms with van der Waals surface area (Å²) in [7, 11) is 1.62. The van der Waals surface area contributed by atoms with Crippen molar-refractivity contribution in [2.24, 2.45) is 0 Å². The molecule has 0 heterocycles.